The van der Waals surface area contributed by atoms with Crippen LogP contribution in [0.3, 0.4) is 0 Å². The molecule has 1 aliphatic carbocycles. The number of imidazole rings is 1. The zero-order chi connectivity index (χ0) is 17.1. The number of aliphatic hydroxyl groups excluding tert-OH is 1. The number of hydrogen-bond acceptors (Lipinski definition) is 4. The number of rotatable bonds is 6. The summed E-state index contributed by atoms with van der Waals surface area (Å²) in [7, 11) is 0. The molecule has 1 saturated carbocycles. The van der Waals surface area contributed by atoms with Gasteiger partial charge < -0.3 is 15.0 Å². The molecule has 2 aromatic heterocycles. The van der Waals surface area contributed by atoms with E-state index >= 15 is 0 Å². The molecule has 6 heteroatoms. The van der Waals surface area contributed by atoms with E-state index in [2.05, 4.69) is 37.2 Å². The van der Waals surface area contributed by atoms with Crippen molar-refractivity contribution in [3.63, 3.8) is 0 Å². The number of hydrogen-bond donors (Lipinski definition) is 3. The fourth-order valence-corrected chi connectivity index (χ4v) is 3.72. The van der Waals surface area contributed by atoms with E-state index < -0.39 is 0 Å². The molecule has 1 fully saturated rings. The third kappa shape index (κ3) is 3.65. The molecule has 25 heavy (non-hydrogen) atoms. The third-order valence-electron chi connectivity index (χ3n) is 4.99. The molecule has 0 aliphatic heterocycles. The van der Waals surface area contributed by atoms with Gasteiger partial charge in [0, 0.05) is 37.1 Å². The van der Waals surface area contributed by atoms with Crippen molar-refractivity contribution >= 4 is 0 Å². The molecule has 1 aromatic carbocycles. The van der Waals surface area contributed by atoms with Crippen LogP contribution in [0.2, 0.25) is 0 Å². The highest BCUT2D eigenvalue weighted by atomic mass is 16.3. The Bertz CT molecular complexity index is 783. The average molecular weight is 337 g/mol. The molecule has 3 atom stereocenters. The van der Waals surface area contributed by atoms with Crippen LogP contribution in [0.25, 0.3) is 11.3 Å². The summed E-state index contributed by atoms with van der Waals surface area (Å²) in [5.74, 6) is 0.472. The molecule has 1 unspecified atom stereocenters. The summed E-state index contributed by atoms with van der Waals surface area (Å²) in [6.45, 7) is 1.61. The second-order valence-corrected chi connectivity index (χ2v) is 6.79. The molecule has 0 amide bonds. The third-order valence-corrected chi connectivity index (χ3v) is 4.99. The van der Waals surface area contributed by atoms with Crippen LogP contribution in [-0.4, -0.2) is 37.0 Å². The predicted molar refractivity (Wildman–Crippen MR) is 95.6 cm³/mol. The van der Waals surface area contributed by atoms with Gasteiger partial charge in [-0.05, 0) is 24.3 Å². The Labute approximate surface area is 146 Å². The van der Waals surface area contributed by atoms with Gasteiger partial charge in [-0.3, -0.25) is 5.10 Å². The number of aromatic nitrogens is 4. The number of nitrogens with one attached hydrogen (secondary N) is 2. The van der Waals surface area contributed by atoms with E-state index in [1.54, 1.807) is 6.20 Å². The maximum atomic E-state index is 10.4. The first-order chi connectivity index (χ1) is 12.3. The molecule has 3 aromatic rings. The maximum Gasteiger partial charge on any atom is 0.0945 e. The fourth-order valence-electron chi connectivity index (χ4n) is 3.72. The van der Waals surface area contributed by atoms with E-state index in [9.17, 15) is 5.11 Å². The first-order valence-electron chi connectivity index (χ1n) is 8.74. The average Bonchev–Trinajstić information content (AvgIpc) is 3.36. The van der Waals surface area contributed by atoms with E-state index in [4.69, 9.17) is 0 Å². The van der Waals surface area contributed by atoms with Crippen LogP contribution in [0.5, 0.6) is 0 Å². The number of H-pyrrole nitrogens is 1. The summed E-state index contributed by atoms with van der Waals surface area (Å²) in [5.41, 5.74) is 3.29. The van der Waals surface area contributed by atoms with Gasteiger partial charge in [-0.1, -0.05) is 30.3 Å². The van der Waals surface area contributed by atoms with Crippen molar-refractivity contribution in [1.82, 2.24) is 25.1 Å². The molecule has 0 radical (unpaired) electrons. The lowest BCUT2D eigenvalue weighted by atomic mass is 10.1. The summed E-state index contributed by atoms with van der Waals surface area (Å²) in [5, 5.41) is 21.2. The maximum absolute atomic E-state index is 10.4. The van der Waals surface area contributed by atoms with Crippen molar-refractivity contribution in [2.24, 2.45) is 5.92 Å². The molecule has 1 aliphatic rings. The van der Waals surface area contributed by atoms with E-state index in [0.717, 1.165) is 36.2 Å². The topological polar surface area (TPSA) is 78.8 Å². The lowest BCUT2D eigenvalue weighted by molar-refractivity contribution is 0.145. The van der Waals surface area contributed by atoms with Gasteiger partial charge in [0.1, 0.15) is 0 Å². The van der Waals surface area contributed by atoms with Crippen LogP contribution in [0.4, 0.5) is 0 Å². The second kappa shape index (κ2) is 7.21. The first kappa shape index (κ1) is 16.1. The van der Waals surface area contributed by atoms with Crippen LogP contribution >= 0.6 is 0 Å². The van der Waals surface area contributed by atoms with Gasteiger partial charge in [-0.2, -0.15) is 5.10 Å². The van der Waals surface area contributed by atoms with E-state index in [1.807, 2.05) is 36.9 Å². The molecule has 0 saturated heterocycles. The number of nitrogens with zero attached hydrogens (tertiary/aromatic N) is 3. The normalized spacial score (nSPS) is 23.2. The molecular weight excluding hydrogens is 314 g/mol. The Morgan fingerprint density at radius 2 is 2.12 bits per heavy atom. The molecule has 0 bridgehead atoms. The Hall–Kier alpha value is -2.44. The number of benzene rings is 1. The van der Waals surface area contributed by atoms with Crippen molar-refractivity contribution in [3.8, 4) is 11.3 Å². The molecular formula is C19H23N5O. The Morgan fingerprint density at radius 1 is 1.24 bits per heavy atom. The molecule has 6 nitrogen and oxygen atoms in total. The van der Waals surface area contributed by atoms with Crippen molar-refractivity contribution in [1.29, 1.82) is 0 Å². The van der Waals surface area contributed by atoms with Crippen LogP contribution in [0.1, 0.15) is 18.4 Å². The Morgan fingerprint density at radius 3 is 2.92 bits per heavy atom. The second-order valence-electron chi connectivity index (χ2n) is 6.79. The highest BCUT2D eigenvalue weighted by molar-refractivity contribution is 5.62. The van der Waals surface area contributed by atoms with E-state index in [1.165, 1.54) is 0 Å². The smallest absolute Gasteiger partial charge is 0.0945 e. The standard InChI is InChI=1S/C19H23N5O/c25-18-9-14(12-24-7-6-20-13-24)8-17(18)21-10-16-11-22-23-19(16)15-4-2-1-3-5-15/h1-7,11,13-14,17-18,21,25H,8-10,12H2,(H,22,23)/t14?,17-,18-/m1/s1. The minimum Gasteiger partial charge on any atom is -0.391 e. The Balaban J connectivity index is 1.37. The lowest BCUT2D eigenvalue weighted by Gasteiger charge is -2.16. The van der Waals surface area contributed by atoms with Crippen molar-refractivity contribution in [2.75, 3.05) is 0 Å². The quantitative estimate of drug-likeness (QED) is 0.644. The number of aliphatic hydroxyl groups is 1. The summed E-state index contributed by atoms with van der Waals surface area (Å²) in [6, 6.07) is 10.3. The molecule has 0 spiro atoms. The van der Waals surface area contributed by atoms with Crippen molar-refractivity contribution in [3.05, 3.63) is 60.8 Å². The van der Waals surface area contributed by atoms with Crippen molar-refractivity contribution in [2.45, 2.75) is 38.1 Å². The minimum absolute atomic E-state index is 0.118. The summed E-state index contributed by atoms with van der Waals surface area (Å²) in [4.78, 5) is 4.09. The Kier molecular flexibility index (Phi) is 4.63. The lowest BCUT2D eigenvalue weighted by Crippen LogP contribution is -2.35. The summed E-state index contributed by atoms with van der Waals surface area (Å²) in [6.07, 6.45) is 8.96. The fraction of sp³-hybridized carbons (Fsp3) is 0.368. The van der Waals surface area contributed by atoms with Gasteiger partial charge in [0.15, 0.2) is 0 Å². The monoisotopic (exact) mass is 337 g/mol. The largest absolute Gasteiger partial charge is 0.391 e. The molecule has 4 rings (SSSR count). The summed E-state index contributed by atoms with van der Waals surface area (Å²) >= 11 is 0. The van der Waals surface area contributed by atoms with E-state index in [-0.39, 0.29) is 12.1 Å². The zero-order valence-electron chi connectivity index (χ0n) is 14.0. The van der Waals surface area contributed by atoms with Gasteiger partial charge in [0.05, 0.1) is 24.3 Å². The van der Waals surface area contributed by atoms with E-state index in [0.29, 0.717) is 12.5 Å². The van der Waals surface area contributed by atoms with Crippen LogP contribution < -0.4 is 5.32 Å². The molecule has 3 N–H and O–H groups in total. The summed E-state index contributed by atoms with van der Waals surface area (Å²) < 4.78 is 2.09. The number of aromatic amines is 1. The molecule has 2 heterocycles. The van der Waals surface area contributed by atoms with Gasteiger partial charge in [0.25, 0.3) is 0 Å². The van der Waals surface area contributed by atoms with Gasteiger partial charge in [-0.15, -0.1) is 0 Å². The van der Waals surface area contributed by atoms with Crippen molar-refractivity contribution < 1.29 is 5.11 Å². The van der Waals surface area contributed by atoms with Crippen LogP contribution in [-0.2, 0) is 13.1 Å². The predicted octanol–water partition coefficient (Wildman–Crippen LogP) is 2.20. The van der Waals surface area contributed by atoms with Gasteiger partial charge in [0.2, 0.25) is 0 Å². The highest BCUT2D eigenvalue weighted by Crippen LogP contribution is 2.28. The first-order valence-corrected chi connectivity index (χ1v) is 8.74. The van der Waals surface area contributed by atoms with Crippen LogP contribution in [0, 0.1) is 5.92 Å². The zero-order valence-corrected chi connectivity index (χ0v) is 14.0. The minimum atomic E-state index is -0.305. The van der Waals surface area contributed by atoms with Crippen LogP contribution in [0.15, 0.2) is 55.2 Å². The van der Waals surface area contributed by atoms with Gasteiger partial charge >= 0.3 is 0 Å². The highest BCUT2D eigenvalue weighted by Gasteiger charge is 2.32. The van der Waals surface area contributed by atoms with Gasteiger partial charge in [-0.25, -0.2) is 4.98 Å². The molecule has 130 valence electrons. The SMILES string of the molecule is O[C@@H]1CC(Cn2ccnc2)C[C@H]1NCc1cn[nH]c1-c1ccccc1.